The lowest BCUT2D eigenvalue weighted by Crippen LogP contribution is -2.14. The first kappa shape index (κ1) is 5.22. The second-order valence-electron chi connectivity index (χ2n) is 1.51. The van der Waals surface area contributed by atoms with Gasteiger partial charge in [-0.3, -0.25) is 0 Å². The molecule has 44 valence electrons. The van der Waals surface area contributed by atoms with E-state index in [1.54, 1.807) is 11.3 Å². The molecule has 0 saturated heterocycles. The Morgan fingerprint density at radius 2 is 2.38 bits per heavy atom. The average molecular weight is 111 g/mol. The van der Waals surface area contributed by atoms with Gasteiger partial charge in [0.05, 0.1) is 6.54 Å². The van der Waals surface area contributed by atoms with Crippen LogP contribution in [0.5, 0.6) is 0 Å². The molecule has 0 saturated carbocycles. The molecule has 0 unspecified atom stereocenters. The van der Waals surface area contributed by atoms with Crippen molar-refractivity contribution in [2.45, 2.75) is 6.92 Å². The third-order valence-corrected chi connectivity index (χ3v) is 0.950. The number of nitrogens with zero attached hydrogens (tertiary/aromatic N) is 1. The first-order valence-electron chi connectivity index (χ1n) is 2.70. The van der Waals surface area contributed by atoms with Crippen molar-refractivity contribution in [3.05, 3.63) is 24.6 Å². The predicted octanol–water partition coefficient (Wildman–Crippen LogP) is 1.28. The van der Waals surface area contributed by atoms with Gasteiger partial charge in [-0.2, -0.15) is 0 Å². The van der Waals surface area contributed by atoms with Crippen molar-refractivity contribution in [2.75, 3.05) is 6.54 Å². The minimum atomic E-state index is 0.890. The van der Waals surface area contributed by atoms with Crippen molar-refractivity contribution in [1.82, 2.24) is 5.06 Å². The van der Waals surface area contributed by atoms with Gasteiger partial charge in [-0.25, -0.2) is 5.06 Å². The zero-order chi connectivity index (χ0) is 5.82. The van der Waals surface area contributed by atoms with Gasteiger partial charge >= 0.3 is 0 Å². The fraction of sp³-hybridized carbons (Fsp3) is 0.333. The second-order valence-corrected chi connectivity index (χ2v) is 1.51. The molecule has 1 heterocycles. The van der Waals surface area contributed by atoms with Crippen LogP contribution in [0.3, 0.4) is 0 Å². The zero-order valence-corrected chi connectivity index (χ0v) is 4.87. The quantitative estimate of drug-likeness (QED) is 0.505. The Morgan fingerprint density at radius 3 is 2.75 bits per heavy atom. The molecule has 1 aliphatic rings. The first-order chi connectivity index (χ1) is 3.93. The molecule has 0 N–H and O–H groups in total. The van der Waals surface area contributed by atoms with Crippen LogP contribution in [0.15, 0.2) is 24.6 Å². The lowest BCUT2D eigenvalue weighted by molar-refractivity contribution is -0.0548. The molecule has 0 fully saturated rings. The van der Waals surface area contributed by atoms with Crippen molar-refractivity contribution < 1.29 is 4.84 Å². The van der Waals surface area contributed by atoms with Gasteiger partial charge in [0.15, 0.2) is 0 Å². The van der Waals surface area contributed by atoms with Crippen LogP contribution < -0.4 is 0 Å². The van der Waals surface area contributed by atoms with Gasteiger partial charge in [0.1, 0.15) is 6.26 Å². The Balaban J connectivity index is 2.40. The number of hydroxylamine groups is 2. The summed E-state index contributed by atoms with van der Waals surface area (Å²) >= 11 is 0. The molecule has 0 spiro atoms. The first-order valence-corrected chi connectivity index (χ1v) is 2.70. The van der Waals surface area contributed by atoms with Gasteiger partial charge < -0.3 is 4.84 Å². The summed E-state index contributed by atoms with van der Waals surface area (Å²) in [6.07, 6.45) is 7.34. The van der Waals surface area contributed by atoms with Gasteiger partial charge in [0.2, 0.25) is 0 Å². The maximum absolute atomic E-state index is 4.99. The van der Waals surface area contributed by atoms with Crippen molar-refractivity contribution in [3.8, 4) is 0 Å². The van der Waals surface area contributed by atoms with Crippen molar-refractivity contribution in [2.24, 2.45) is 0 Å². The van der Waals surface area contributed by atoms with Crippen LogP contribution in [0, 0.1) is 0 Å². The Labute approximate surface area is 49.0 Å². The molecule has 0 aliphatic carbocycles. The number of rotatable bonds is 1. The van der Waals surface area contributed by atoms with Crippen LogP contribution in [0.2, 0.25) is 0 Å². The fourth-order valence-corrected chi connectivity index (χ4v) is 0.519. The molecular formula is C6H9NO. The Kier molecular flexibility index (Phi) is 1.57. The Hall–Kier alpha value is -0.920. The molecule has 0 aromatic carbocycles. The van der Waals surface area contributed by atoms with E-state index in [0.717, 1.165) is 6.54 Å². The normalized spacial score (nSPS) is 16.4. The van der Waals surface area contributed by atoms with Crippen molar-refractivity contribution in [3.63, 3.8) is 0 Å². The van der Waals surface area contributed by atoms with E-state index in [0.29, 0.717) is 0 Å². The summed E-state index contributed by atoms with van der Waals surface area (Å²) in [6, 6.07) is 0. The Morgan fingerprint density at radius 1 is 1.50 bits per heavy atom. The topological polar surface area (TPSA) is 12.5 Å². The molecule has 0 aromatic rings. The van der Waals surface area contributed by atoms with E-state index in [-0.39, 0.29) is 0 Å². The maximum Gasteiger partial charge on any atom is 0.119 e. The summed E-state index contributed by atoms with van der Waals surface area (Å²) in [4.78, 5) is 4.99. The molecule has 1 aliphatic heterocycles. The van der Waals surface area contributed by atoms with E-state index >= 15 is 0 Å². The standard InChI is InChI=1S/C6H9NO/c1-2-7-5-3-4-6-8-7/h3-6H,2H2,1H3. The number of hydrogen-bond acceptors (Lipinski definition) is 2. The Bertz CT molecular complexity index is 118. The monoisotopic (exact) mass is 111 g/mol. The van der Waals surface area contributed by atoms with Gasteiger partial charge in [0.25, 0.3) is 0 Å². The SMILES string of the molecule is CCN1C=CC=CO1. The number of hydrogen-bond donors (Lipinski definition) is 0. The van der Waals surface area contributed by atoms with Crippen LogP contribution in [0.4, 0.5) is 0 Å². The summed E-state index contributed by atoms with van der Waals surface area (Å²) < 4.78 is 0. The van der Waals surface area contributed by atoms with E-state index in [4.69, 9.17) is 4.84 Å². The van der Waals surface area contributed by atoms with Crippen LogP contribution in [-0.2, 0) is 4.84 Å². The van der Waals surface area contributed by atoms with Crippen molar-refractivity contribution in [1.29, 1.82) is 0 Å². The molecular weight excluding hydrogens is 102 g/mol. The van der Waals surface area contributed by atoms with Gasteiger partial charge in [0, 0.05) is 6.20 Å². The van der Waals surface area contributed by atoms with E-state index in [9.17, 15) is 0 Å². The highest BCUT2D eigenvalue weighted by Crippen LogP contribution is 1.97. The third kappa shape index (κ3) is 1.03. The smallest absolute Gasteiger partial charge is 0.119 e. The summed E-state index contributed by atoms with van der Waals surface area (Å²) in [7, 11) is 0. The molecule has 2 heteroatoms. The lowest BCUT2D eigenvalue weighted by atomic mass is 10.5. The average Bonchev–Trinajstić information content (AvgIpc) is 1.90. The van der Waals surface area contributed by atoms with E-state index in [1.165, 1.54) is 0 Å². The summed E-state index contributed by atoms with van der Waals surface area (Å²) in [5, 5.41) is 1.75. The highest BCUT2D eigenvalue weighted by molar-refractivity contribution is 5.00. The second kappa shape index (κ2) is 2.40. The van der Waals surface area contributed by atoms with Crippen LogP contribution >= 0.6 is 0 Å². The molecule has 1 rings (SSSR count). The van der Waals surface area contributed by atoms with E-state index in [2.05, 4.69) is 0 Å². The molecule has 0 aromatic heterocycles. The molecule has 0 bridgehead atoms. The fourth-order valence-electron chi connectivity index (χ4n) is 0.519. The highest BCUT2D eigenvalue weighted by Gasteiger charge is 1.92. The van der Waals surface area contributed by atoms with Crippen LogP contribution in [0.25, 0.3) is 0 Å². The predicted molar refractivity (Wildman–Crippen MR) is 31.7 cm³/mol. The van der Waals surface area contributed by atoms with Crippen molar-refractivity contribution >= 4 is 0 Å². The molecule has 0 amide bonds. The summed E-state index contributed by atoms with van der Waals surface area (Å²) in [5.41, 5.74) is 0. The van der Waals surface area contributed by atoms with E-state index < -0.39 is 0 Å². The van der Waals surface area contributed by atoms with E-state index in [1.807, 2.05) is 25.3 Å². The van der Waals surface area contributed by atoms with Crippen LogP contribution in [0.1, 0.15) is 6.92 Å². The van der Waals surface area contributed by atoms with Gasteiger partial charge in [-0.1, -0.05) is 0 Å². The summed E-state index contributed by atoms with van der Waals surface area (Å²) in [5.74, 6) is 0. The lowest BCUT2D eigenvalue weighted by Gasteiger charge is -2.16. The molecule has 8 heavy (non-hydrogen) atoms. The molecule has 2 nitrogen and oxygen atoms in total. The largest absolute Gasteiger partial charge is 0.388 e. The minimum Gasteiger partial charge on any atom is -0.388 e. The zero-order valence-electron chi connectivity index (χ0n) is 4.87. The van der Waals surface area contributed by atoms with Crippen LogP contribution in [-0.4, -0.2) is 11.6 Å². The maximum atomic E-state index is 4.99. The molecule has 0 atom stereocenters. The number of allylic oxidation sites excluding steroid dienone is 2. The highest BCUT2D eigenvalue weighted by atomic mass is 16.7. The molecule has 0 radical (unpaired) electrons. The third-order valence-electron chi connectivity index (χ3n) is 0.950. The van der Waals surface area contributed by atoms with Gasteiger partial charge in [-0.15, -0.1) is 0 Å². The van der Waals surface area contributed by atoms with Gasteiger partial charge in [-0.05, 0) is 19.1 Å². The summed E-state index contributed by atoms with van der Waals surface area (Å²) in [6.45, 7) is 2.92. The minimum absolute atomic E-state index is 0.890.